The van der Waals surface area contributed by atoms with Crippen LogP contribution in [0.25, 0.3) is 5.65 Å². The number of β-amino-alcohol motifs (C(OH)–C–C–N with tert-alkyl or cyclic N) is 1. The second-order valence-corrected chi connectivity index (χ2v) is 5.66. The average molecular weight is 288 g/mol. The van der Waals surface area contributed by atoms with Crippen molar-refractivity contribution in [3.05, 3.63) is 30.2 Å². The largest absolute Gasteiger partial charge is 0.388 e. The zero-order valence-corrected chi connectivity index (χ0v) is 11.5. The molecule has 0 aliphatic carbocycles. The monoisotopic (exact) mass is 288 g/mol. The highest BCUT2D eigenvalue weighted by atomic mass is 16.5. The lowest BCUT2D eigenvalue weighted by atomic mass is 9.97. The normalized spacial score (nSPS) is 28.8. The van der Waals surface area contributed by atoms with Crippen LogP contribution >= 0.6 is 0 Å². The first-order valence-corrected chi connectivity index (χ1v) is 7.09. The van der Waals surface area contributed by atoms with E-state index in [2.05, 4.69) is 10.1 Å². The van der Waals surface area contributed by atoms with Crippen molar-refractivity contribution in [1.82, 2.24) is 19.5 Å². The predicted octanol–water partition coefficient (Wildman–Crippen LogP) is 0.0952. The smallest absolute Gasteiger partial charge is 0.259 e. The molecule has 1 N–H and O–H groups in total. The van der Waals surface area contributed by atoms with Gasteiger partial charge in [0.25, 0.3) is 5.91 Å². The van der Waals surface area contributed by atoms with Crippen molar-refractivity contribution in [1.29, 1.82) is 0 Å². The Morgan fingerprint density at radius 1 is 1.52 bits per heavy atom. The van der Waals surface area contributed by atoms with Gasteiger partial charge in [0.15, 0.2) is 5.65 Å². The molecule has 0 bridgehead atoms. The van der Waals surface area contributed by atoms with Crippen LogP contribution in [0.3, 0.4) is 0 Å². The molecule has 2 aliphatic rings. The predicted molar refractivity (Wildman–Crippen MR) is 72.8 cm³/mol. The summed E-state index contributed by atoms with van der Waals surface area (Å²) in [5.41, 5.74) is 0.412. The Hall–Kier alpha value is -1.99. The number of carbonyl (C=O) groups excluding carboxylic acids is 1. The molecule has 0 saturated carbocycles. The molecule has 21 heavy (non-hydrogen) atoms. The van der Waals surface area contributed by atoms with Gasteiger partial charge in [-0.25, -0.2) is 9.50 Å². The van der Waals surface area contributed by atoms with Crippen LogP contribution in [-0.2, 0) is 4.74 Å². The van der Waals surface area contributed by atoms with Gasteiger partial charge in [-0.05, 0) is 18.9 Å². The lowest BCUT2D eigenvalue weighted by Crippen LogP contribution is -2.41. The first kappa shape index (κ1) is 12.7. The molecule has 0 aromatic carbocycles. The van der Waals surface area contributed by atoms with Crippen molar-refractivity contribution < 1.29 is 14.6 Å². The highest BCUT2D eigenvalue weighted by molar-refractivity contribution is 5.99. The number of ether oxygens (including phenoxy) is 1. The number of hydrogen-bond acceptors (Lipinski definition) is 5. The minimum atomic E-state index is -0.626. The van der Waals surface area contributed by atoms with E-state index in [0.717, 1.165) is 12.8 Å². The molecule has 1 spiro atoms. The number of hydrogen-bond donors (Lipinski definition) is 1. The lowest BCUT2D eigenvalue weighted by Gasteiger charge is -2.25. The molecule has 2 aromatic heterocycles. The lowest BCUT2D eigenvalue weighted by molar-refractivity contribution is -0.0590. The van der Waals surface area contributed by atoms with Gasteiger partial charge < -0.3 is 14.7 Å². The molecule has 7 nitrogen and oxygen atoms in total. The third-order valence-corrected chi connectivity index (χ3v) is 4.39. The summed E-state index contributed by atoms with van der Waals surface area (Å²) in [4.78, 5) is 18.5. The van der Waals surface area contributed by atoms with E-state index in [1.54, 1.807) is 27.9 Å². The van der Waals surface area contributed by atoms with Crippen LogP contribution in [0.15, 0.2) is 24.7 Å². The summed E-state index contributed by atoms with van der Waals surface area (Å²) in [5, 5.41) is 14.4. The van der Waals surface area contributed by atoms with E-state index >= 15 is 0 Å². The molecule has 0 unspecified atom stereocenters. The summed E-state index contributed by atoms with van der Waals surface area (Å²) in [6.45, 7) is 1.37. The summed E-state index contributed by atoms with van der Waals surface area (Å²) in [6.07, 6.45) is 6.01. The van der Waals surface area contributed by atoms with Gasteiger partial charge in [-0.15, -0.1) is 0 Å². The second kappa shape index (κ2) is 4.51. The molecule has 2 saturated heterocycles. The van der Waals surface area contributed by atoms with Crippen LogP contribution in [-0.4, -0.2) is 61.9 Å². The van der Waals surface area contributed by atoms with Gasteiger partial charge >= 0.3 is 0 Å². The Labute approximate surface area is 121 Å². The van der Waals surface area contributed by atoms with Crippen LogP contribution in [0.1, 0.15) is 23.2 Å². The maximum Gasteiger partial charge on any atom is 0.259 e. The summed E-state index contributed by atoms with van der Waals surface area (Å²) < 4.78 is 7.29. The van der Waals surface area contributed by atoms with Gasteiger partial charge in [-0.2, -0.15) is 5.10 Å². The summed E-state index contributed by atoms with van der Waals surface area (Å²) in [5.74, 6) is -0.157. The van der Waals surface area contributed by atoms with Crippen LogP contribution in [0.2, 0.25) is 0 Å². The zero-order chi connectivity index (χ0) is 14.4. The quantitative estimate of drug-likeness (QED) is 0.805. The SMILES string of the molecule is O=C(c1cnn2cccnc12)N1C[C@H](O)[C@]2(CCCO2)C1. The molecule has 0 radical (unpaired) electrons. The molecule has 7 heteroatoms. The molecule has 2 aromatic rings. The highest BCUT2D eigenvalue weighted by Gasteiger charge is 2.50. The van der Waals surface area contributed by atoms with Crippen molar-refractivity contribution in [2.45, 2.75) is 24.5 Å². The number of aromatic nitrogens is 3. The van der Waals surface area contributed by atoms with Crippen molar-refractivity contribution >= 4 is 11.6 Å². The molecule has 2 atom stereocenters. The van der Waals surface area contributed by atoms with Gasteiger partial charge in [0, 0.05) is 25.5 Å². The molecule has 110 valence electrons. The molecule has 4 rings (SSSR count). The third-order valence-electron chi connectivity index (χ3n) is 4.39. The topological polar surface area (TPSA) is 80.0 Å². The second-order valence-electron chi connectivity index (χ2n) is 5.66. The number of fused-ring (bicyclic) bond motifs is 1. The van der Waals surface area contributed by atoms with Crippen LogP contribution in [0.5, 0.6) is 0 Å². The highest BCUT2D eigenvalue weighted by Crippen LogP contribution is 2.35. The standard InChI is InChI=1S/C14H16N4O3/c19-11-8-17(9-14(11)3-1-6-21-14)13(20)10-7-16-18-5-2-4-15-12(10)18/h2,4-5,7,11,19H,1,3,6,8-9H2/t11-,14-/m0/s1. The van der Waals surface area contributed by atoms with Gasteiger partial charge in [-0.3, -0.25) is 4.79 Å². The fourth-order valence-corrected chi connectivity index (χ4v) is 3.28. The van der Waals surface area contributed by atoms with Crippen molar-refractivity contribution in [3.63, 3.8) is 0 Å². The number of nitrogens with zero attached hydrogens (tertiary/aromatic N) is 4. The minimum Gasteiger partial charge on any atom is -0.388 e. The number of likely N-dealkylation sites (tertiary alicyclic amines) is 1. The number of carbonyl (C=O) groups is 1. The molecule has 4 heterocycles. The molecular weight excluding hydrogens is 272 g/mol. The molecule has 2 fully saturated rings. The fraction of sp³-hybridized carbons (Fsp3) is 0.500. The van der Waals surface area contributed by atoms with E-state index in [1.165, 1.54) is 6.20 Å². The van der Waals surface area contributed by atoms with Crippen LogP contribution in [0, 0.1) is 0 Å². The molecular formula is C14H16N4O3. The number of aliphatic hydroxyl groups excluding tert-OH is 1. The number of rotatable bonds is 1. The van der Waals surface area contributed by atoms with E-state index in [9.17, 15) is 9.90 Å². The molecule has 1 amide bonds. The third kappa shape index (κ3) is 1.85. The number of aliphatic hydroxyl groups is 1. The van der Waals surface area contributed by atoms with Crippen molar-refractivity contribution in [3.8, 4) is 0 Å². The zero-order valence-electron chi connectivity index (χ0n) is 11.5. The molecule has 2 aliphatic heterocycles. The Kier molecular flexibility index (Phi) is 2.73. The van der Waals surface area contributed by atoms with E-state index in [4.69, 9.17) is 4.74 Å². The van der Waals surface area contributed by atoms with Gasteiger partial charge in [0.05, 0.1) is 12.7 Å². The Balaban J connectivity index is 1.64. The van der Waals surface area contributed by atoms with Crippen molar-refractivity contribution in [2.24, 2.45) is 0 Å². The first-order valence-electron chi connectivity index (χ1n) is 7.09. The van der Waals surface area contributed by atoms with E-state index in [-0.39, 0.29) is 5.91 Å². The maximum absolute atomic E-state index is 12.7. The van der Waals surface area contributed by atoms with Crippen LogP contribution in [0.4, 0.5) is 0 Å². The number of amides is 1. The summed E-state index contributed by atoms with van der Waals surface area (Å²) in [7, 11) is 0. The Morgan fingerprint density at radius 3 is 3.24 bits per heavy atom. The van der Waals surface area contributed by atoms with E-state index in [1.807, 2.05) is 0 Å². The summed E-state index contributed by atoms with van der Waals surface area (Å²) in [6, 6.07) is 1.76. The Morgan fingerprint density at radius 2 is 2.43 bits per heavy atom. The van der Waals surface area contributed by atoms with Gasteiger partial charge in [0.2, 0.25) is 0 Å². The van der Waals surface area contributed by atoms with Gasteiger partial charge in [0.1, 0.15) is 17.3 Å². The van der Waals surface area contributed by atoms with Gasteiger partial charge in [-0.1, -0.05) is 0 Å². The minimum absolute atomic E-state index is 0.157. The summed E-state index contributed by atoms with van der Waals surface area (Å²) >= 11 is 0. The van der Waals surface area contributed by atoms with Crippen LogP contribution < -0.4 is 0 Å². The Bertz CT molecular complexity index is 692. The van der Waals surface area contributed by atoms with Crippen molar-refractivity contribution in [2.75, 3.05) is 19.7 Å². The van der Waals surface area contributed by atoms with E-state index in [0.29, 0.717) is 30.9 Å². The fourth-order valence-electron chi connectivity index (χ4n) is 3.28. The maximum atomic E-state index is 12.7. The average Bonchev–Trinajstić information content (AvgIpc) is 3.20. The first-order chi connectivity index (χ1) is 10.2. The van der Waals surface area contributed by atoms with E-state index < -0.39 is 11.7 Å².